The number of hydrogen-bond donors (Lipinski definition) is 3. The van der Waals surface area contributed by atoms with Crippen LogP contribution in [0.15, 0.2) is 101 Å². The van der Waals surface area contributed by atoms with Crippen LogP contribution in [0.5, 0.6) is 0 Å². The molecule has 220 valence electrons. The summed E-state index contributed by atoms with van der Waals surface area (Å²) in [4.78, 5) is 36.5. The molecular formula is C28H25N6O7P2-. The van der Waals surface area contributed by atoms with Crippen molar-refractivity contribution in [2.75, 3.05) is 12.3 Å². The molecule has 4 N–H and O–H groups in total. The van der Waals surface area contributed by atoms with Crippen LogP contribution in [-0.2, 0) is 18.3 Å². The van der Waals surface area contributed by atoms with Crippen molar-refractivity contribution >= 4 is 53.9 Å². The quantitative estimate of drug-likeness (QED) is 0.244. The molecule has 0 aliphatic carbocycles. The SMILES string of the molecule is Nc1nc2c(nc(N=P(c3ccccc3)(c3ccccc3)c3ccccc3)n2[C@@H]2OC3COP(=O)([O-])O[C@H]3C2O)c(=O)[nH]1. The van der Waals surface area contributed by atoms with Crippen LogP contribution in [0.4, 0.5) is 11.9 Å². The summed E-state index contributed by atoms with van der Waals surface area (Å²) in [7, 11) is -7.56. The number of aromatic nitrogens is 4. The normalized spacial score (nSPS) is 25.4. The third-order valence-electron chi connectivity index (χ3n) is 7.39. The standard InChI is InChI=1S/C28H26N6O7P2/c29-27-31-24-21(25(36)32-27)30-28(34(24)26-22(35)23-20(40-26)16-39-43(37,38)41-23)33-42(17-10-4-1-5-11-17,18-12-6-2-7-13-18)19-14-8-3-9-15-19/h1-15,20,22-23,26,35H,16H2,(H,37,38)(H3,29,31,32,36)/p-1/t20?,22?,23-,26-/m1/s1. The Balaban J connectivity index is 1.56. The van der Waals surface area contributed by atoms with Crippen molar-refractivity contribution in [3.05, 3.63) is 101 Å². The molecule has 0 spiro atoms. The Labute approximate surface area is 244 Å². The Kier molecular flexibility index (Phi) is 6.91. The van der Waals surface area contributed by atoms with Gasteiger partial charge in [0, 0.05) is 15.9 Å². The molecule has 3 unspecified atom stereocenters. The summed E-state index contributed by atoms with van der Waals surface area (Å²) in [6.07, 6.45) is -5.00. The molecule has 2 fully saturated rings. The summed E-state index contributed by atoms with van der Waals surface area (Å²) >= 11 is 0. The zero-order valence-electron chi connectivity index (χ0n) is 22.3. The van der Waals surface area contributed by atoms with Gasteiger partial charge in [-0.15, -0.1) is 0 Å². The number of phosphoric ester groups is 1. The van der Waals surface area contributed by atoms with Crippen LogP contribution in [0.1, 0.15) is 6.23 Å². The number of H-pyrrole nitrogens is 1. The number of aromatic amines is 1. The van der Waals surface area contributed by atoms with Crippen molar-refractivity contribution < 1.29 is 28.3 Å². The molecule has 2 aromatic heterocycles. The summed E-state index contributed by atoms with van der Waals surface area (Å²) in [5.41, 5.74) is 5.23. The Bertz CT molecular complexity index is 1870. The number of anilines is 1. The molecule has 2 aliphatic rings. The van der Waals surface area contributed by atoms with E-state index in [2.05, 4.69) is 15.0 Å². The first-order valence-electron chi connectivity index (χ1n) is 13.3. The number of aliphatic hydroxyl groups is 1. The van der Waals surface area contributed by atoms with E-state index in [9.17, 15) is 19.4 Å². The van der Waals surface area contributed by atoms with Gasteiger partial charge in [-0.2, -0.15) is 4.98 Å². The van der Waals surface area contributed by atoms with Crippen molar-refractivity contribution in [1.29, 1.82) is 0 Å². The summed E-state index contributed by atoms with van der Waals surface area (Å²) < 4.78 is 34.8. The van der Waals surface area contributed by atoms with Crippen molar-refractivity contribution in [3.8, 4) is 0 Å². The number of aliphatic hydroxyl groups excluding tert-OH is 1. The maximum Gasteiger partial charge on any atom is 0.280 e. The fourth-order valence-electron chi connectivity index (χ4n) is 5.52. The molecule has 4 heterocycles. The number of phosphoric acid groups is 1. The predicted octanol–water partition coefficient (Wildman–Crippen LogP) is 1.65. The average molecular weight is 619 g/mol. The second-order valence-corrected chi connectivity index (χ2v) is 14.4. The third-order valence-corrected chi connectivity index (χ3v) is 12.0. The van der Waals surface area contributed by atoms with Gasteiger partial charge in [0.25, 0.3) is 13.4 Å². The zero-order chi connectivity index (χ0) is 29.8. The highest BCUT2D eigenvalue weighted by Crippen LogP contribution is 2.52. The van der Waals surface area contributed by atoms with E-state index in [0.29, 0.717) is 0 Å². The molecule has 7 rings (SSSR count). The molecular weight excluding hydrogens is 594 g/mol. The number of hydrogen-bond acceptors (Lipinski definition) is 11. The van der Waals surface area contributed by atoms with Gasteiger partial charge in [0.2, 0.25) is 11.9 Å². The minimum Gasteiger partial charge on any atom is -0.756 e. The van der Waals surface area contributed by atoms with Gasteiger partial charge in [-0.3, -0.25) is 18.9 Å². The number of ether oxygens (including phenoxy) is 1. The number of rotatable bonds is 5. The second-order valence-electron chi connectivity index (χ2n) is 10.0. The van der Waals surface area contributed by atoms with E-state index < -0.39 is 45.0 Å². The molecule has 2 saturated heterocycles. The molecule has 3 aromatic carbocycles. The first kappa shape index (κ1) is 27.9. The van der Waals surface area contributed by atoms with Crippen LogP contribution in [0.25, 0.3) is 11.2 Å². The van der Waals surface area contributed by atoms with Crippen molar-refractivity contribution in [2.45, 2.75) is 24.5 Å². The van der Waals surface area contributed by atoms with Gasteiger partial charge in [0.05, 0.1) is 13.7 Å². The Morgan fingerprint density at radius 1 is 0.977 bits per heavy atom. The molecule has 43 heavy (non-hydrogen) atoms. The van der Waals surface area contributed by atoms with Crippen molar-refractivity contribution in [3.63, 3.8) is 0 Å². The van der Waals surface area contributed by atoms with Gasteiger partial charge in [-0.1, -0.05) is 91.0 Å². The minimum absolute atomic E-state index is 0.00112. The van der Waals surface area contributed by atoms with Gasteiger partial charge >= 0.3 is 0 Å². The van der Waals surface area contributed by atoms with Gasteiger partial charge in [-0.25, -0.2) is 9.73 Å². The van der Waals surface area contributed by atoms with Crippen LogP contribution >= 0.6 is 14.9 Å². The van der Waals surface area contributed by atoms with E-state index in [-0.39, 0.29) is 29.7 Å². The largest absolute Gasteiger partial charge is 0.756 e. The van der Waals surface area contributed by atoms with Gasteiger partial charge in [0.15, 0.2) is 17.4 Å². The topological polar surface area (TPSA) is 190 Å². The summed E-state index contributed by atoms with van der Waals surface area (Å²) in [5, 5.41) is 14.1. The molecule has 2 aliphatic heterocycles. The fourth-order valence-corrected chi connectivity index (χ4v) is 9.93. The molecule has 0 saturated carbocycles. The molecule has 13 nitrogen and oxygen atoms in total. The minimum atomic E-state index is -4.65. The number of nitrogens with two attached hydrogens (primary N) is 1. The molecule has 5 aromatic rings. The first-order valence-corrected chi connectivity index (χ1v) is 16.5. The maximum absolute atomic E-state index is 13.1. The van der Waals surface area contributed by atoms with Gasteiger partial charge < -0.3 is 29.5 Å². The average Bonchev–Trinajstić information content (AvgIpc) is 3.52. The Morgan fingerprint density at radius 3 is 2.09 bits per heavy atom. The number of nitrogens with one attached hydrogen (secondary N) is 1. The monoisotopic (exact) mass is 619 g/mol. The Morgan fingerprint density at radius 2 is 1.53 bits per heavy atom. The van der Waals surface area contributed by atoms with E-state index in [1.807, 2.05) is 91.0 Å². The van der Waals surface area contributed by atoms with Crippen LogP contribution in [0.2, 0.25) is 0 Å². The zero-order valence-corrected chi connectivity index (χ0v) is 24.1. The number of nitrogen functional groups attached to an aromatic ring is 1. The second kappa shape index (κ2) is 10.7. The van der Waals surface area contributed by atoms with Gasteiger partial charge in [-0.05, 0) is 0 Å². The Hall–Kier alpha value is -3.93. The molecule has 5 atom stereocenters. The number of fused-ring (bicyclic) bond motifs is 2. The lowest BCUT2D eigenvalue weighted by molar-refractivity contribution is -0.245. The summed E-state index contributed by atoms with van der Waals surface area (Å²) in [6.45, 7) is -0.358. The summed E-state index contributed by atoms with van der Waals surface area (Å²) in [6, 6.07) is 29.2. The van der Waals surface area contributed by atoms with Crippen LogP contribution in [0.3, 0.4) is 0 Å². The lowest BCUT2D eigenvalue weighted by Gasteiger charge is -2.34. The molecule has 0 radical (unpaired) electrons. The lowest BCUT2D eigenvalue weighted by atomic mass is 10.1. The van der Waals surface area contributed by atoms with Crippen molar-refractivity contribution in [2.24, 2.45) is 4.74 Å². The highest BCUT2D eigenvalue weighted by atomic mass is 31.2. The summed E-state index contributed by atoms with van der Waals surface area (Å²) in [5.74, 6) is -0.161. The van der Waals surface area contributed by atoms with Crippen LogP contribution < -0.4 is 32.1 Å². The fraction of sp³-hybridized carbons (Fsp3) is 0.179. The maximum atomic E-state index is 13.1. The van der Waals surface area contributed by atoms with Crippen LogP contribution in [-0.4, -0.2) is 49.5 Å². The van der Waals surface area contributed by atoms with E-state index in [4.69, 9.17) is 24.3 Å². The van der Waals surface area contributed by atoms with E-state index in [0.717, 1.165) is 15.9 Å². The van der Waals surface area contributed by atoms with E-state index in [1.54, 1.807) is 0 Å². The highest BCUT2D eigenvalue weighted by molar-refractivity contribution is 7.87. The van der Waals surface area contributed by atoms with E-state index in [1.165, 1.54) is 4.57 Å². The van der Waals surface area contributed by atoms with Gasteiger partial charge in [0.1, 0.15) is 18.3 Å². The number of imidazole rings is 1. The predicted molar refractivity (Wildman–Crippen MR) is 158 cm³/mol. The smallest absolute Gasteiger partial charge is 0.280 e. The first-order chi connectivity index (χ1) is 20.8. The third kappa shape index (κ3) is 4.75. The molecule has 0 bridgehead atoms. The number of nitrogens with zero attached hydrogens (tertiary/aromatic N) is 4. The highest BCUT2D eigenvalue weighted by Gasteiger charge is 2.51. The lowest BCUT2D eigenvalue weighted by Crippen LogP contribution is -2.41. The molecule has 15 heteroatoms. The molecule has 0 amide bonds. The van der Waals surface area contributed by atoms with E-state index >= 15 is 0 Å². The van der Waals surface area contributed by atoms with Crippen molar-refractivity contribution in [1.82, 2.24) is 19.5 Å². The number of benzene rings is 3. The van der Waals surface area contributed by atoms with Crippen LogP contribution in [0, 0.1) is 0 Å².